The number of carbonyl (C=O) groups is 2. The number of anilines is 1. The summed E-state index contributed by atoms with van der Waals surface area (Å²) in [5.41, 5.74) is 1.08. The van der Waals surface area contributed by atoms with Crippen LogP contribution in [0.5, 0.6) is 0 Å². The van der Waals surface area contributed by atoms with Gasteiger partial charge in [-0.05, 0) is 44.0 Å². The van der Waals surface area contributed by atoms with Crippen molar-refractivity contribution < 1.29 is 22.4 Å². The predicted octanol–water partition coefficient (Wildman–Crippen LogP) is 3.89. The number of nitrogens with zero attached hydrogens (tertiary/aromatic N) is 2. The van der Waals surface area contributed by atoms with E-state index in [1.165, 1.54) is 36.1 Å². The molecule has 2 amide bonds. The summed E-state index contributed by atoms with van der Waals surface area (Å²) in [6.07, 6.45) is 2.65. The zero-order valence-corrected chi connectivity index (χ0v) is 21.4. The molecule has 0 bridgehead atoms. The van der Waals surface area contributed by atoms with E-state index in [1.54, 1.807) is 25.1 Å². The maximum Gasteiger partial charge on any atom is 0.244 e. The smallest absolute Gasteiger partial charge is 0.244 e. The van der Waals surface area contributed by atoms with Gasteiger partial charge in [-0.2, -0.15) is 0 Å². The van der Waals surface area contributed by atoms with E-state index in [-0.39, 0.29) is 17.8 Å². The molecule has 7 nitrogen and oxygen atoms in total. The largest absolute Gasteiger partial charge is 0.354 e. The molecule has 0 aliphatic carbocycles. The van der Waals surface area contributed by atoms with Gasteiger partial charge in [0.2, 0.25) is 21.8 Å². The van der Waals surface area contributed by atoms with Gasteiger partial charge in [0, 0.05) is 23.7 Å². The number of sulfonamides is 1. The first-order chi connectivity index (χ1) is 16.0. The first-order valence-corrected chi connectivity index (χ1v) is 13.2. The molecule has 0 fully saturated rings. The van der Waals surface area contributed by atoms with E-state index in [2.05, 4.69) is 5.32 Å². The van der Waals surface area contributed by atoms with Crippen molar-refractivity contribution >= 4 is 39.1 Å². The summed E-state index contributed by atoms with van der Waals surface area (Å²) < 4.78 is 40.6. The van der Waals surface area contributed by atoms with Gasteiger partial charge in [-0.3, -0.25) is 13.9 Å². The number of hydrogen-bond donors (Lipinski definition) is 1. The van der Waals surface area contributed by atoms with Crippen LogP contribution in [0.3, 0.4) is 0 Å². The molecule has 0 heterocycles. The molecule has 0 aliphatic rings. The van der Waals surface area contributed by atoms with Crippen molar-refractivity contribution in [3.05, 3.63) is 64.4 Å². The standard InChI is InChI=1S/C24H31ClFN3O4S/c1-5-6-13-27-24(31)18(3)28(15-19-9-7-8-10-21(19)26)23(30)16-29(34(4,32)33)22-14-20(25)12-11-17(22)2/h7-12,14,18H,5-6,13,15-16H2,1-4H3,(H,27,31)/t18-/m1/s1. The van der Waals surface area contributed by atoms with Crippen molar-refractivity contribution in [1.29, 1.82) is 0 Å². The molecule has 1 atom stereocenters. The van der Waals surface area contributed by atoms with Crippen molar-refractivity contribution in [2.45, 2.75) is 46.2 Å². The molecule has 2 aromatic rings. The zero-order valence-electron chi connectivity index (χ0n) is 19.8. The molecule has 10 heteroatoms. The van der Waals surface area contributed by atoms with E-state index >= 15 is 0 Å². The Morgan fingerprint density at radius 3 is 2.47 bits per heavy atom. The van der Waals surface area contributed by atoms with E-state index in [0.717, 1.165) is 23.4 Å². The SMILES string of the molecule is CCCCNC(=O)[C@@H](C)N(Cc1ccccc1F)C(=O)CN(c1cc(Cl)ccc1C)S(C)(=O)=O. The number of hydrogen-bond acceptors (Lipinski definition) is 4. The van der Waals surface area contributed by atoms with Crippen LogP contribution in [-0.4, -0.2) is 50.5 Å². The second-order valence-electron chi connectivity index (χ2n) is 8.13. The molecular weight excluding hydrogens is 481 g/mol. The van der Waals surface area contributed by atoms with Crippen molar-refractivity contribution in [3.63, 3.8) is 0 Å². The van der Waals surface area contributed by atoms with Crippen molar-refractivity contribution in [2.24, 2.45) is 0 Å². The monoisotopic (exact) mass is 511 g/mol. The van der Waals surface area contributed by atoms with Gasteiger partial charge < -0.3 is 10.2 Å². The number of unbranched alkanes of at least 4 members (excludes halogenated alkanes) is 1. The van der Waals surface area contributed by atoms with Crippen LogP contribution in [-0.2, 0) is 26.2 Å². The van der Waals surface area contributed by atoms with Gasteiger partial charge in [-0.1, -0.05) is 49.2 Å². The quantitative estimate of drug-likeness (QED) is 0.464. The molecule has 2 rings (SSSR count). The normalized spacial score (nSPS) is 12.2. The van der Waals surface area contributed by atoms with Crippen LogP contribution in [0.2, 0.25) is 5.02 Å². The maximum absolute atomic E-state index is 14.4. The molecule has 34 heavy (non-hydrogen) atoms. The first-order valence-electron chi connectivity index (χ1n) is 11.0. The Kier molecular flexibility index (Phi) is 9.88. The molecule has 0 spiro atoms. The number of aryl methyl sites for hydroxylation is 1. The maximum atomic E-state index is 14.4. The molecule has 186 valence electrons. The predicted molar refractivity (Wildman–Crippen MR) is 133 cm³/mol. The van der Waals surface area contributed by atoms with Gasteiger partial charge in [-0.15, -0.1) is 0 Å². The Labute approximate surface area is 205 Å². The lowest BCUT2D eigenvalue weighted by Gasteiger charge is -2.32. The molecule has 0 unspecified atom stereocenters. The number of benzene rings is 2. The Morgan fingerprint density at radius 1 is 1.18 bits per heavy atom. The van der Waals surface area contributed by atoms with Gasteiger partial charge in [-0.25, -0.2) is 12.8 Å². The number of nitrogens with one attached hydrogen (secondary N) is 1. The molecule has 1 N–H and O–H groups in total. The molecular formula is C24H31ClFN3O4S. The minimum absolute atomic E-state index is 0.194. The minimum atomic E-state index is -3.88. The van der Waals surface area contributed by atoms with E-state index in [9.17, 15) is 22.4 Å². The Hall–Kier alpha value is -2.65. The van der Waals surface area contributed by atoms with Gasteiger partial charge >= 0.3 is 0 Å². The highest BCUT2D eigenvalue weighted by atomic mass is 35.5. The highest BCUT2D eigenvalue weighted by molar-refractivity contribution is 7.92. The fourth-order valence-electron chi connectivity index (χ4n) is 3.37. The Balaban J connectivity index is 2.41. The molecule has 0 saturated carbocycles. The van der Waals surface area contributed by atoms with Crippen LogP contribution < -0.4 is 9.62 Å². The third kappa shape index (κ3) is 7.43. The topological polar surface area (TPSA) is 86.8 Å². The second-order valence-corrected chi connectivity index (χ2v) is 10.5. The number of halogens is 2. The number of carbonyl (C=O) groups excluding carboxylic acids is 2. The van der Waals surface area contributed by atoms with E-state index in [4.69, 9.17) is 11.6 Å². The lowest BCUT2D eigenvalue weighted by molar-refractivity contribution is -0.139. The fourth-order valence-corrected chi connectivity index (χ4v) is 4.44. The number of amides is 2. The Bertz CT molecular complexity index is 1130. The van der Waals surface area contributed by atoms with E-state index in [1.807, 2.05) is 6.92 Å². The van der Waals surface area contributed by atoms with Crippen LogP contribution in [0.25, 0.3) is 0 Å². The molecule has 0 aliphatic heterocycles. The van der Waals surface area contributed by atoms with Gasteiger partial charge in [0.25, 0.3) is 0 Å². The minimum Gasteiger partial charge on any atom is -0.354 e. The summed E-state index contributed by atoms with van der Waals surface area (Å²) in [6, 6.07) is 9.73. The summed E-state index contributed by atoms with van der Waals surface area (Å²) in [6.45, 7) is 4.91. The third-order valence-electron chi connectivity index (χ3n) is 5.41. The zero-order chi connectivity index (χ0) is 25.5. The van der Waals surface area contributed by atoms with Gasteiger partial charge in [0.05, 0.1) is 11.9 Å². The average Bonchev–Trinajstić information content (AvgIpc) is 2.77. The van der Waals surface area contributed by atoms with Crippen LogP contribution in [0.4, 0.5) is 10.1 Å². The van der Waals surface area contributed by atoms with Crippen LogP contribution >= 0.6 is 11.6 Å². The molecule has 0 aromatic heterocycles. The Morgan fingerprint density at radius 2 is 1.85 bits per heavy atom. The third-order valence-corrected chi connectivity index (χ3v) is 6.78. The second kappa shape index (κ2) is 12.2. The molecule has 0 radical (unpaired) electrons. The summed E-state index contributed by atoms with van der Waals surface area (Å²) >= 11 is 6.08. The lowest BCUT2D eigenvalue weighted by Crippen LogP contribution is -2.51. The van der Waals surface area contributed by atoms with Crippen LogP contribution in [0, 0.1) is 12.7 Å². The van der Waals surface area contributed by atoms with Crippen molar-refractivity contribution in [3.8, 4) is 0 Å². The molecule has 2 aromatic carbocycles. The molecule has 0 saturated heterocycles. The number of rotatable bonds is 11. The van der Waals surface area contributed by atoms with Crippen LogP contribution in [0.1, 0.15) is 37.8 Å². The van der Waals surface area contributed by atoms with Gasteiger partial charge in [0.15, 0.2) is 0 Å². The van der Waals surface area contributed by atoms with Gasteiger partial charge in [0.1, 0.15) is 18.4 Å². The lowest BCUT2D eigenvalue weighted by atomic mass is 10.1. The summed E-state index contributed by atoms with van der Waals surface area (Å²) in [5, 5.41) is 3.09. The summed E-state index contributed by atoms with van der Waals surface area (Å²) in [7, 11) is -3.88. The highest BCUT2D eigenvalue weighted by Crippen LogP contribution is 2.27. The average molecular weight is 512 g/mol. The van der Waals surface area contributed by atoms with E-state index in [0.29, 0.717) is 17.1 Å². The first kappa shape index (κ1) is 27.6. The summed E-state index contributed by atoms with van der Waals surface area (Å²) in [5.74, 6) is -1.57. The highest BCUT2D eigenvalue weighted by Gasteiger charge is 2.31. The summed E-state index contributed by atoms with van der Waals surface area (Å²) in [4.78, 5) is 27.4. The fraction of sp³-hybridized carbons (Fsp3) is 0.417. The van der Waals surface area contributed by atoms with Crippen molar-refractivity contribution in [2.75, 3.05) is 23.7 Å². The van der Waals surface area contributed by atoms with Crippen LogP contribution in [0.15, 0.2) is 42.5 Å². The van der Waals surface area contributed by atoms with E-state index < -0.39 is 40.2 Å². The van der Waals surface area contributed by atoms with Crippen molar-refractivity contribution in [1.82, 2.24) is 10.2 Å².